The number of rotatable bonds is 4. The van der Waals surface area contributed by atoms with Crippen molar-refractivity contribution in [1.82, 2.24) is 14.2 Å². The Balaban J connectivity index is 1.30. The van der Waals surface area contributed by atoms with Crippen LogP contribution in [-0.4, -0.2) is 48.1 Å². The van der Waals surface area contributed by atoms with Crippen LogP contribution in [-0.2, 0) is 14.8 Å². The fourth-order valence-electron chi connectivity index (χ4n) is 4.99. The van der Waals surface area contributed by atoms with Crippen LogP contribution in [0.1, 0.15) is 48.7 Å². The Morgan fingerprint density at radius 2 is 1.74 bits per heavy atom. The van der Waals surface area contributed by atoms with Crippen molar-refractivity contribution in [3.8, 4) is 6.07 Å². The molecule has 0 spiro atoms. The van der Waals surface area contributed by atoms with Gasteiger partial charge in [-0.05, 0) is 56.4 Å². The van der Waals surface area contributed by atoms with E-state index in [1.807, 2.05) is 29.2 Å². The number of carbonyl (C=O) groups excluding carboxylic acids is 1. The zero-order chi connectivity index (χ0) is 23.7. The van der Waals surface area contributed by atoms with Crippen molar-refractivity contribution < 1.29 is 13.2 Å². The van der Waals surface area contributed by atoms with Gasteiger partial charge in [0.25, 0.3) is 0 Å². The van der Waals surface area contributed by atoms with Crippen molar-refractivity contribution in [3.05, 3.63) is 59.1 Å². The molecule has 2 fully saturated rings. The highest BCUT2D eigenvalue weighted by Gasteiger charge is 2.38. The molecule has 0 saturated carbocycles. The van der Waals surface area contributed by atoms with Gasteiger partial charge in [0.1, 0.15) is 11.1 Å². The number of amides is 1. The molecule has 3 aromatic rings. The van der Waals surface area contributed by atoms with E-state index in [2.05, 4.69) is 6.07 Å². The topological polar surface area (TPSA) is 94.4 Å². The van der Waals surface area contributed by atoms with Crippen LogP contribution in [0.2, 0.25) is 0 Å². The van der Waals surface area contributed by atoms with Crippen LogP contribution in [0.15, 0.2) is 53.4 Å². The van der Waals surface area contributed by atoms with Gasteiger partial charge < -0.3 is 4.90 Å². The fourth-order valence-corrected chi connectivity index (χ4v) is 7.71. The molecule has 5 rings (SSSR count). The number of nitrogens with zero attached hydrogens (tertiary/aromatic N) is 4. The third kappa shape index (κ3) is 4.22. The van der Waals surface area contributed by atoms with Crippen LogP contribution in [0.25, 0.3) is 10.2 Å². The van der Waals surface area contributed by atoms with Crippen molar-refractivity contribution in [2.24, 2.45) is 5.92 Å². The Labute approximate surface area is 203 Å². The largest absolute Gasteiger partial charge is 0.333 e. The molecule has 0 bridgehead atoms. The lowest BCUT2D eigenvalue weighted by molar-refractivity contribution is -0.140. The van der Waals surface area contributed by atoms with E-state index in [1.54, 1.807) is 23.5 Å². The molecule has 0 radical (unpaired) electrons. The van der Waals surface area contributed by atoms with Gasteiger partial charge in [-0.3, -0.25) is 4.79 Å². The van der Waals surface area contributed by atoms with E-state index in [0.717, 1.165) is 34.5 Å². The van der Waals surface area contributed by atoms with Crippen LogP contribution in [0, 0.1) is 17.2 Å². The highest BCUT2D eigenvalue weighted by atomic mass is 32.2. The van der Waals surface area contributed by atoms with E-state index in [0.29, 0.717) is 19.4 Å². The van der Waals surface area contributed by atoms with Gasteiger partial charge >= 0.3 is 0 Å². The van der Waals surface area contributed by atoms with Gasteiger partial charge in [0, 0.05) is 25.6 Å². The minimum atomic E-state index is -3.77. The summed E-state index contributed by atoms with van der Waals surface area (Å²) in [6.45, 7) is 1.27. The minimum Gasteiger partial charge on any atom is -0.333 e. The minimum absolute atomic E-state index is 0.0112. The monoisotopic (exact) mass is 494 g/mol. The molecular weight excluding hydrogens is 468 g/mol. The molecule has 2 saturated heterocycles. The second-order valence-electron chi connectivity index (χ2n) is 8.85. The molecule has 3 heterocycles. The normalized spacial score (nSPS) is 20.3. The first-order valence-electron chi connectivity index (χ1n) is 11.6. The fraction of sp³-hybridized carbons (Fsp3) is 0.400. The van der Waals surface area contributed by atoms with Crippen LogP contribution in [0.5, 0.6) is 0 Å². The molecule has 0 aliphatic carbocycles. The van der Waals surface area contributed by atoms with Gasteiger partial charge in [0.05, 0.1) is 26.7 Å². The summed E-state index contributed by atoms with van der Waals surface area (Å²) in [6.07, 6.45) is 3.92. The zero-order valence-electron chi connectivity index (χ0n) is 18.8. The molecule has 34 heavy (non-hydrogen) atoms. The molecule has 1 aromatic heterocycles. The zero-order valence-corrected chi connectivity index (χ0v) is 20.4. The van der Waals surface area contributed by atoms with E-state index in [1.165, 1.54) is 16.4 Å². The molecule has 1 amide bonds. The molecule has 2 aliphatic heterocycles. The lowest BCUT2D eigenvalue weighted by Gasteiger charge is -2.39. The van der Waals surface area contributed by atoms with Crippen LogP contribution < -0.4 is 0 Å². The number of aromatic nitrogens is 1. The maximum absolute atomic E-state index is 13.6. The molecule has 9 heteroatoms. The van der Waals surface area contributed by atoms with Crippen molar-refractivity contribution in [1.29, 1.82) is 5.26 Å². The summed E-state index contributed by atoms with van der Waals surface area (Å²) in [5.74, 6) is -0.0916. The number of nitriles is 1. The highest BCUT2D eigenvalue weighted by molar-refractivity contribution is 7.89. The predicted octanol–water partition coefficient (Wildman–Crippen LogP) is 4.32. The van der Waals surface area contributed by atoms with Crippen LogP contribution >= 0.6 is 11.3 Å². The number of benzene rings is 2. The second-order valence-corrected chi connectivity index (χ2v) is 11.8. The standard InChI is InChI=1S/C25H26N4O3S2/c26-17-19-7-1-4-11-23(19)34(31,32)28-15-12-18(13-16-28)25(30)29-14-6-5-9-21(29)24-27-20-8-2-3-10-22(20)33-24/h1-4,7-8,10-11,18,21H,5-6,9,12-16H2/t21-/m1/s1. The molecule has 7 nitrogen and oxygen atoms in total. The lowest BCUT2D eigenvalue weighted by Crippen LogP contribution is -2.46. The van der Waals surface area contributed by atoms with Gasteiger partial charge in [-0.2, -0.15) is 9.57 Å². The lowest BCUT2D eigenvalue weighted by atomic mass is 9.93. The Kier molecular flexibility index (Phi) is 6.38. The van der Waals surface area contributed by atoms with Crippen molar-refractivity contribution in [2.75, 3.05) is 19.6 Å². The molecule has 0 unspecified atom stereocenters. The number of fused-ring (bicyclic) bond motifs is 1. The van der Waals surface area contributed by atoms with Crippen molar-refractivity contribution in [3.63, 3.8) is 0 Å². The number of sulfonamides is 1. The van der Waals surface area contributed by atoms with E-state index >= 15 is 0 Å². The van der Waals surface area contributed by atoms with Gasteiger partial charge in [0.2, 0.25) is 15.9 Å². The van der Waals surface area contributed by atoms with Crippen molar-refractivity contribution >= 4 is 37.5 Å². The smallest absolute Gasteiger partial charge is 0.244 e. The van der Waals surface area contributed by atoms with Gasteiger partial charge in [0.15, 0.2) is 0 Å². The maximum atomic E-state index is 13.6. The van der Waals surface area contributed by atoms with Gasteiger partial charge in [-0.1, -0.05) is 24.3 Å². The summed E-state index contributed by atoms with van der Waals surface area (Å²) in [7, 11) is -3.77. The molecule has 176 valence electrons. The third-order valence-corrected chi connectivity index (χ3v) is 9.90. The summed E-state index contributed by atoms with van der Waals surface area (Å²) in [5.41, 5.74) is 1.12. The predicted molar refractivity (Wildman–Crippen MR) is 131 cm³/mol. The Hall–Kier alpha value is -2.80. The number of likely N-dealkylation sites (tertiary alicyclic amines) is 1. The molecule has 1 atom stereocenters. The van der Waals surface area contributed by atoms with Gasteiger partial charge in [-0.25, -0.2) is 13.4 Å². The molecule has 2 aromatic carbocycles. The molecular formula is C25H26N4O3S2. The molecule has 0 N–H and O–H groups in total. The Morgan fingerprint density at radius 3 is 2.50 bits per heavy atom. The number of para-hydroxylation sites is 1. The first-order chi connectivity index (χ1) is 16.5. The van der Waals surface area contributed by atoms with Crippen molar-refractivity contribution in [2.45, 2.75) is 43.0 Å². The van der Waals surface area contributed by atoms with E-state index in [4.69, 9.17) is 4.98 Å². The van der Waals surface area contributed by atoms with Crippen LogP contribution in [0.3, 0.4) is 0 Å². The van der Waals surface area contributed by atoms with Gasteiger partial charge in [-0.15, -0.1) is 11.3 Å². The number of carbonyl (C=O) groups is 1. The number of piperidine rings is 2. The summed E-state index contributed by atoms with van der Waals surface area (Å²) in [6, 6.07) is 16.3. The average molecular weight is 495 g/mol. The number of thiazole rings is 1. The highest BCUT2D eigenvalue weighted by Crippen LogP contribution is 2.37. The first-order valence-corrected chi connectivity index (χ1v) is 13.9. The maximum Gasteiger partial charge on any atom is 0.244 e. The summed E-state index contributed by atoms with van der Waals surface area (Å²) < 4.78 is 28.8. The van der Waals surface area contributed by atoms with E-state index in [-0.39, 0.29) is 41.4 Å². The summed E-state index contributed by atoms with van der Waals surface area (Å²) >= 11 is 1.66. The quantitative estimate of drug-likeness (QED) is 0.538. The Morgan fingerprint density at radius 1 is 1.00 bits per heavy atom. The Bertz CT molecular complexity index is 1320. The molecule has 2 aliphatic rings. The average Bonchev–Trinajstić information content (AvgIpc) is 3.32. The summed E-state index contributed by atoms with van der Waals surface area (Å²) in [5, 5.41) is 10.3. The van der Waals surface area contributed by atoms with E-state index in [9.17, 15) is 18.5 Å². The number of hydrogen-bond acceptors (Lipinski definition) is 6. The van der Waals surface area contributed by atoms with Crippen LogP contribution in [0.4, 0.5) is 0 Å². The summed E-state index contributed by atoms with van der Waals surface area (Å²) in [4.78, 5) is 20.4. The second kappa shape index (κ2) is 9.45. The third-order valence-electron chi connectivity index (χ3n) is 6.81. The van der Waals surface area contributed by atoms with E-state index < -0.39 is 10.0 Å². The SMILES string of the molecule is N#Cc1ccccc1S(=O)(=O)N1CCC(C(=O)N2CCCC[C@@H]2c2nc3ccccc3s2)CC1. The first kappa shape index (κ1) is 23.0. The number of hydrogen-bond donors (Lipinski definition) is 0.